The molecule has 0 saturated heterocycles. The van der Waals surface area contributed by atoms with E-state index in [0.717, 1.165) is 22.1 Å². The van der Waals surface area contributed by atoms with Gasteiger partial charge in [-0.3, -0.25) is 9.79 Å². The highest BCUT2D eigenvalue weighted by Crippen LogP contribution is 2.33. The number of thioether (sulfide) groups is 1. The number of aliphatic hydroxyl groups is 1. The maximum Gasteiger partial charge on any atom is 0.232 e. The number of hydrogen-bond donors (Lipinski definition) is 2. The molecule has 0 aromatic carbocycles. The van der Waals surface area contributed by atoms with Gasteiger partial charge in [-0.1, -0.05) is 37.9 Å². The highest BCUT2D eigenvalue weighted by molar-refractivity contribution is 8.17. The molecule has 132 valence electrons. The first-order chi connectivity index (χ1) is 10.9. The van der Waals surface area contributed by atoms with Crippen molar-refractivity contribution in [3.63, 3.8) is 0 Å². The van der Waals surface area contributed by atoms with Crippen molar-refractivity contribution >= 4 is 22.7 Å². The van der Waals surface area contributed by atoms with Crippen LogP contribution in [0.5, 0.6) is 0 Å². The summed E-state index contributed by atoms with van der Waals surface area (Å²) in [6.07, 6.45) is 7.10. The van der Waals surface area contributed by atoms with E-state index in [0.29, 0.717) is 5.92 Å². The van der Waals surface area contributed by atoms with E-state index < -0.39 is 5.41 Å². The molecule has 0 unspecified atom stereocenters. The molecule has 5 heteroatoms. The summed E-state index contributed by atoms with van der Waals surface area (Å²) in [5, 5.41) is 14.4. The van der Waals surface area contributed by atoms with Crippen molar-refractivity contribution in [2.24, 2.45) is 16.3 Å². The molecule has 1 saturated carbocycles. The van der Waals surface area contributed by atoms with Crippen molar-refractivity contribution in [3.8, 4) is 0 Å². The molecule has 23 heavy (non-hydrogen) atoms. The maximum absolute atomic E-state index is 12.4. The number of aliphatic imine (C=N–C) groups is 1. The van der Waals surface area contributed by atoms with Crippen LogP contribution < -0.4 is 5.32 Å². The summed E-state index contributed by atoms with van der Waals surface area (Å²) in [7, 11) is 1.84. The summed E-state index contributed by atoms with van der Waals surface area (Å²) in [4.78, 5) is 16.9. The summed E-state index contributed by atoms with van der Waals surface area (Å²) in [5.41, 5.74) is 0.364. The van der Waals surface area contributed by atoms with Crippen LogP contribution in [0.1, 0.15) is 66.2 Å². The number of amides is 1. The van der Waals surface area contributed by atoms with Crippen LogP contribution in [-0.2, 0) is 4.79 Å². The number of hydrogen-bond acceptors (Lipinski definition) is 4. The molecule has 0 heterocycles. The topological polar surface area (TPSA) is 61.7 Å². The Morgan fingerprint density at radius 3 is 2.39 bits per heavy atom. The van der Waals surface area contributed by atoms with Crippen LogP contribution in [0.4, 0.5) is 0 Å². The van der Waals surface area contributed by atoms with Crippen LogP contribution in [0.25, 0.3) is 0 Å². The van der Waals surface area contributed by atoms with E-state index in [1.807, 2.05) is 14.0 Å². The monoisotopic (exact) mass is 340 g/mol. The Hall–Kier alpha value is -0.810. The zero-order valence-corrected chi connectivity index (χ0v) is 16.1. The Morgan fingerprint density at radius 1 is 1.30 bits per heavy atom. The lowest BCUT2D eigenvalue weighted by atomic mass is 9.90. The molecule has 1 aliphatic carbocycles. The first kappa shape index (κ1) is 20.2. The van der Waals surface area contributed by atoms with Crippen LogP contribution in [-0.4, -0.2) is 29.7 Å². The van der Waals surface area contributed by atoms with Crippen LogP contribution in [0.2, 0.25) is 0 Å². The second-order valence-electron chi connectivity index (χ2n) is 6.96. The number of rotatable bonds is 6. The number of nitrogens with zero attached hydrogens (tertiary/aromatic N) is 1. The highest BCUT2D eigenvalue weighted by Gasteiger charge is 2.29. The summed E-state index contributed by atoms with van der Waals surface area (Å²) < 4.78 is 0. The third kappa shape index (κ3) is 5.96. The van der Waals surface area contributed by atoms with Crippen molar-refractivity contribution in [1.29, 1.82) is 0 Å². The van der Waals surface area contributed by atoms with E-state index in [1.165, 1.54) is 32.1 Å². The number of carbonyl (C=O) groups is 1. The third-order valence-electron chi connectivity index (χ3n) is 4.54. The van der Waals surface area contributed by atoms with Gasteiger partial charge in [-0.2, -0.15) is 0 Å². The molecule has 2 N–H and O–H groups in total. The van der Waals surface area contributed by atoms with Gasteiger partial charge in [-0.15, -0.1) is 0 Å². The van der Waals surface area contributed by atoms with Gasteiger partial charge in [0.05, 0.1) is 22.1 Å². The fourth-order valence-corrected chi connectivity index (χ4v) is 3.65. The van der Waals surface area contributed by atoms with Crippen LogP contribution in [0.3, 0.4) is 0 Å². The highest BCUT2D eigenvalue weighted by atomic mass is 32.2. The average Bonchev–Trinajstić information content (AvgIpc) is 2.58. The van der Waals surface area contributed by atoms with Gasteiger partial charge in [0.25, 0.3) is 0 Å². The van der Waals surface area contributed by atoms with Crippen molar-refractivity contribution in [1.82, 2.24) is 5.32 Å². The van der Waals surface area contributed by atoms with Crippen molar-refractivity contribution in [2.45, 2.75) is 66.2 Å². The second-order valence-corrected chi connectivity index (χ2v) is 7.99. The lowest BCUT2D eigenvalue weighted by Gasteiger charge is -2.26. The van der Waals surface area contributed by atoms with Gasteiger partial charge >= 0.3 is 0 Å². The van der Waals surface area contributed by atoms with E-state index in [1.54, 1.807) is 25.6 Å². The Morgan fingerprint density at radius 2 is 1.91 bits per heavy atom. The van der Waals surface area contributed by atoms with Crippen LogP contribution in [0.15, 0.2) is 15.6 Å². The lowest BCUT2D eigenvalue weighted by Crippen LogP contribution is -2.39. The molecule has 0 radical (unpaired) electrons. The Balaban J connectivity index is 2.89. The molecule has 4 nitrogen and oxygen atoms in total. The molecule has 0 aromatic heterocycles. The maximum atomic E-state index is 12.4. The summed E-state index contributed by atoms with van der Waals surface area (Å²) in [6, 6.07) is 0. The average molecular weight is 341 g/mol. The number of aliphatic hydroxyl groups excluding tert-OH is 1. The zero-order chi connectivity index (χ0) is 17.5. The smallest absolute Gasteiger partial charge is 0.232 e. The second kappa shape index (κ2) is 9.48. The van der Waals surface area contributed by atoms with Crippen molar-refractivity contribution < 1.29 is 9.90 Å². The van der Waals surface area contributed by atoms with Gasteiger partial charge in [-0.25, -0.2) is 0 Å². The van der Waals surface area contributed by atoms with Gasteiger partial charge in [0.1, 0.15) is 0 Å². The zero-order valence-electron chi connectivity index (χ0n) is 15.2. The standard InChI is InChI=1S/C18H32N2O2S/c1-6-13(2)15(20-17(22)18(3,4)12-21)23-16(19-5)14-10-8-7-9-11-14/h14,21H,6-12H2,1-5H3,(H,20,22)/b15-13-,19-16-. The molecular weight excluding hydrogens is 308 g/mol. The summed E-state index contributed by atoms with van der Waals surface area (Å²) >= 11 is 1.60. The van der Waals surface area contributed by atoms with E-state index in [2.05, 4.69) is 17.2 Å². The lowest BCUT2D eigenvalue weighted by molar-refractivity contribution is -0.130. The number of carbonyl (C=O) groups excluding carboxylic acids is 1. The fourth-order valence-electron chi connectivity index (χ4n) is 2.49. The number of nitrogens with one attached hydrogen (secondary N) is 1. The van der Waals surface area contributed by atoms with Gasteiger partial charge in [0.15, 0.2) is 0 Å². The van der Waals surface area contributed by atoms with Crippen LogP contribution >= 0.6 is 11.8 Å². The molecule has 1 aliphatic rings. The third-order valence-corrected chi connectivity index (χ3v) is 5.92. The van der Waals surface area contributed by atoms with Gasteiger partial charge < -0.3 is 10.4 Å². The Labute approximate surface area is 145 Å². The molecule has 0 spiro atoms. The number of allylic oxidation sites excluding steroid dienone is 1. The van der Waals surface area contributed by atoms with E-state index in [-0.39, 0.29) is 12.5 Å². The molecule has 0 aromatic rings. The predicted molar refractivity (Wildman–Crippen MR) is 99.5 cm³/mol. The minimum atomic E-state index is -0.784. The summed E-state index contributed by atoms with van der Waals surface area (Å²) in [5.74, 6) is 0.371. The first-order valence-corrected chi connectivity index (χ1v) is 9.44. The van der Waals surface area contributed by atoms with Gasteiger partial charge in [0.2, 0.25) is 5.91 Å². The molecule has 1 rings (SSSR count). The normalized spacial score (nSPS) is 18.6. The van der Waals surface area contributed by atoms with Crippen LogP contribution in [0, 0.1) is 11.3 Å². The van der Waals surface area contributed by atoms with Crippen molar-refractivity contribution in [2.75, 3.05) is 13.7 Å². The fraction of sp³-hybridized carbons (Fsp3) is 0.778. The molecule has 1 amide bonds. The van der Waals surface area contributed by atoms with Crippen molar-refractivity contribution in [3.05, 3.63) is 10.6 Å². The van der Waals surface area contributed by atoms with E-state index in [9.17, 15) is 9.90 Å². The molecule has 0 bridgehead atoms. The largest absolute Gasteiger partial charge is 0.395 e. The first-order valence-electron chi connectivity index (χ1n) is 8.62. The molecular formula is C18H32N2O2S. The molecule has 0 aliphatic heterocycles. The predicted octanol–water partition coefficient (Wildman–Crippen LogP) is 4.10. The Kier molecular flexibility index (Phi) is 8.34. The van der Waals surface area contributed by atoms with Gasteiger partial charge in [0, 0.05) is 13.0 Å². The minimum absolute atomic E-state index is 0.144. The van der Waals surface area contributed by atoms with E-state index in [4.69, 9.17) is 0 Å². The Bertz CT molecular complexity index is 464. The van der Waals surface area contributed by atoms with E-state index >= 15 is 0 Å². The van der Waals surface area contributed by atoms with Gasteiger partial charge in [-0.05, 0) is 45.6 Å². The SMILES string of the molecule is CC/C(C)=C(/NC(=O)C(C)(C)CO)S/C(=N\C)C1CCCCC1. The quantitative estimate of drug-likeness (QED) is 0.565. The molecule has 1 fully saturated rings. The molecule has 0 atom stereocenters. The summed E-state index contributed by atoms with van der Waals surface area (Å²) in [6.45, 7) is 7.47. The minimum Gasteiger partial charge on any atom is -0.395 e.